The van der Waals surface area contributed by atoms with E-state index in [-0.39, 0.29) is 28.4 Å². The van der Waals surface area contributed by atoms with Crippen molar-refractivity contribution in [2.24, 2.45) is 11.8 Å². The summed E-state index contributed by atoms with van der Waals surface area (Å²) in [4.78, 5) is 12.8. The standard InChI is InChI=1S/C27H33NO4/c1-15(2)21-10-18-11-24(31-9-8-17-6-7-17)26-19(13-27(4,5)32-26)25(18)22-12-23(30)20(16(3)29)14-28(21)22/h11-12,14-15,17,21,29H,3,6-10,13H2,1-2,4-5H3/t21-/m1/s1. The fraction of sp³-hybridized carbons (Fsp3) is 0.519. The lowest BCUT2D eigenvalue weighted by Crippen LogP contribution is -2.28. The molecule has 0 amide bonds. The second-order valence-corrected chi connectivity index (χ2v) is 10.6. The van der Waals surface area contributed by atoms with Crippen LogP contribution in [0.25, 0.3) is 17.0 Å². The number of pyridine rings is 1. The van der Waals surface area contributed by atoms with Gasteiger partial charge in [-0.2, -0.15) is 0 Å². The zero-order valence-corrected chi connectivity index (χ0v) is 19.5. The summed E-state index contributed by atoms with van der Waals surface area (Å²) in [5, 5.41) is 9.97. The molecule has 2 aromatic rings. The van der Waals surface area contributed by atoms with Crippen LogP contribution in [0.3, 0.4) is 0 Å². The Labute approximate surface area is 189 Å². The van der Waals surface area contributed by atoms with Gasteiger partial charge in [0.1, 0.15) is 11.4 Å². The van der Waals surface area contributed by atoms with Crippen molar-refractivity contribution in [3.8, 4) is 22.8 Å². The zero-order chi connectivity index (χ0) is 22.8. The molecule has 5 heteroatoms. The van der Waals surface area contributed by atoms with Gasteiger partial charge in [-0.25, -0.2) is 0 Å². The van der Waals surface area contributed by atoms with Crippen molar-refractivity contribution < 1.29 is 14.6 Å². The average molecular weight is 436 g/mol. The molecule has 32 heavy (non-hydrogen) atoms. The quantitative estimate of drug-likeness (QED) is 0.592. The molecule has 2 aliphatic heterocycles. The van der Waals surface area contributed by atoms with Crippen molar-refractivity contribution in [2.45, 2.75) is 71.4 Å². The molecule has 0 unspecified atom stereocenters. The van der Waals surface area contributed by atoms with Gasteiger partial charge in [-0.1, -0.05) is 33.3 Å². The van der Waals surface area contributed by atoms with Gasteiger partial charge in [0.15, 0.2) is 16.9 Å². The summed E-state index contributed by atoms with van der Waals surface area (Å²) in [5.41, 5.74) is 4.03. The van der Waals surface area contributed by atoms with Gasteiger partial charge in [-0.05, 0) is 50.2 Å². The Morgan fingerprint density at radius 1 is 1.34 bits per heavy atom. The maximum atomic E-state index is 12.8. The molecule has 170 valence electrons. The number of ether oxygens (including phenoxy) is 2. The number of benzene rings is 1. The van der Waals surface area contributed by atoms with E-state index in [0.717, 1.165) is 53.5 Å². The minimum Gasteiger partial charge on any atom is -0.508 e. The van der Waals surface area contributed by atoms with Crippen LogP contribution >= 0.6 is 0 Å². The molecule has 0 bridgehead atoms. The van der Waals surface area contributed by atoms with Crippen LogP contribution in [0, 0.1) is 11.8 Å². The van der Waals surface area contributed by atoms with Crippen molar-refractivity contribution in [1.29, 1.82) is 0 Å². The van der Waals surface area contributed by atoms with Crippen molar-refractivity contribution in [2.75, 3.05) is 6.61 Å². The largest absolute Gasteiger partial charge is 0.508 e. The first-order chi connectivity index (χ1) is 15.1. The van der Waals surface area contributed by atoms with E-state index in [9.17, 15) is 9.90 Å². The number of nitrogens with zero attached hydrogens (tertiary/aromatic N) is 1. The van der Waals surface area contributed by atoms with Crippen LogP contribution in [0.5, 0.6) is 11.5 Å². The predicted molar refractivity (Wildman–Crippen MR) is 127 cm³/mol. The van der Waals surface area contributed by atoms with Crippen LogP contribution in [0.1, 0.15) is 69.7 Å². The summed E-state index contributed by atoms with van der Waals surface area (Å²) in [6.45, 7) is 12.9. The van der Waals surface area contributed by atoms with E-state index in [2.05, 4.69) is 44.9 Å². The van der Waals surface area contributed by atoms with Gasteiger partial charge < -0.3 is 19.1 Å². The Bertz CT molecular complexity index is 1150. The molecule has 5 nitrogen and oxygen atoms in total. The van der Waals surface area contributed by atoms with E-state index in [0.29, 0.717) is 12.5 Å². The monoisotopic (exact) mass is 435 g/mol. The van der Waals surface area contributed by atoms with Crippen LogP contribution < -0.4 is 14.9 Å². The number of hydrogen-bond donors (Lipinski definition) is 1. The summed E-state index contributed by atoms with van der Waals surface area (Å²) >= 11 is 0. The molecule has 1 aliphatic carbocycles. The zero-order valence-electron chi connectivity index (χ0n) is 19.5. The molecular weight excluding hydrogens is 402 g/mol. The molecule has 5 rings (SSSR count). The van der Waals surface area contributed by atoms with Crippen molar-refractivity contribution in [3.05, 3.63) is 51.8 Å². The van der Waals surface area contributed by atoms with Gasteiger partial charge in [-0.3, -0.25) is 4.79 Å². The Kier molecular flexibility index (Phi) is 4.92. The first-order valence-electron chi connectivity index (χ1n) is 11.8. The van der Waals surface area contributed by atoms with E-state index in [1.54, 1.807) is 12.3 Å². The van der Waals surface area contributed by atoms with E-state index in [1.165, 1.54) is 18.4 Å². The maximum Gasteiger partial charge on any atom is 0.193 e. The molecule has 0 spiro atoms. The third-order valence-electron chi connectivity index (χ3n) is 7.09. The maximum absolute atomic E-state index is 12.8. The second-order valence-electron chi connectivity index (χ2n) is 10.6. The molecule has 3 aliphatic rings. The summed E-state index contributed by atoms with van der Waals surface area (Å²) in [6.07, 6.45) is 7.11. The minimum absolute atomic E-state index is 0.170. The normalized spacial score (nSPS) is 20.3. The van der Waals surface area contributed by atoms with E-state index < -0.39 is 0 Å². The average Bonchev–Trinajstić information content (AvgIpc) is 3.46. The highest BCUT2D eigenvalue weighted by Gasteiger charge is 2.39. The fourth-order valence-corrected chi connectivity index (χ4v) is 5.22. The summed E-state index contributed by atoms with van der Waals surface area (Å²) in [7, 11) is 0. The third kappa shape index (κ3) is 3.62. The molecule has 1 aromatic carbocycles. The smallest absolute Gasteiger partial charge is 0.193 e. The Balaban J connectivity index is 1.67. The van der Waals surface area contributed by atoms with Gasteiger partial charge in [0.25, 0.3) is 0 Å². The van der Waals surface area contributed by atoms with Gasteiger partial charge >= 0.3 is 0 Å². The Morgan fingerprint density at radius 2 is 2.09 bits per heavy atom. The molecule has 0 saturated heterocycles. The van der Waals surface area contributed by atoms with E-state index >= 15 is 0 Å². The number of aliphatic hydroxyl groups excluding tert-OH is 1. The van der Waals surface area contributed by atoms with Crippen molar-refractivity contribution >= 4 is 5.76 Å². The summed E-state index contributed by atoms with van der Waals surface area (Å²) in [5.74, 6) is 2.64. The second kappa shape index (κ2) is 7.43. The van der Waals surface area contributed by atoms with Crippen molar-refractivity contribution in [1.82, 2.24) is 4.57 Å². The molecule has 1 N–H and O–H groups in total. The number of hydrogen-bond acceptors (Lipinski definition) is 4. The lowest BCUT2D eigenvalue weighted by atomic mass is 9.83. The molecule has 1 aromatic heterocycles. The molecule has 1 atom stereocenters. The van der Waals surface area contributed by atoms with Crippen LogP contribution in [0.4, 0.5) is 0 Å². The first-order valence-corrected chi connectivity index (χ1v) is 11.8. The highest BCUT2D eigenvalue weighted by atomic mass is 16.5. The number of fused-ring (bicyclic) bond motifs is 5. The van der Waals surface area contributed by atoms with E-state index in [4.69, 9.17) is 9.47 Å². The molecule has 1 fully saturated rings. The third-order valence-corrected chi connectivity index (χ3v) is 7.09. The summed E-state index contributed by atoms with van der Waals surface area (Å²) in [6, 6.07) is 3.97. The highest BCUT2D eigenvalue weighted by Crippen LogP contribution is 2.51. The SMILES string of the molecule is C=C(O)c1cn2c(cc1=O)-c1c(cc(OCCC3CC3)c3c1CC(C)(C)O3)C[C@@H]2C(C)C. The van der Waals surface area contributed by atoms with Gasteiger partial charge in [0.05, 0.1) is 17.9 Å². The number of aliphatic hydroxyl groups is 1. The van der Waals surface area contributed by atoms with Gasteiger partial charge in [-0.15, -0.1) is 0 Å². The van der Waals surface area contributed by atoms with Crippen molar-refractivity contribution in [3.63, 3.8) is 0 Å². The van der Waals surface area contributed by atoms with Crippen LogP contribution in [0.15, 0.2) is 29.7 Å². The lowest BCUT2D eigenvalue weighted by Gasteiger charge is -2.34. The van der Waals surface area contributed by atoms with Gasteiger partial charge in [0.2, 0.25) is 0 Å². The minimum atomic E-state index is -0.328. The number of rotatable bonds is 6. The highest BCUT2D eigenvalue weighted by molar-refractivity contribution is 5.77. The molecular formula is C27H33NO4. The molecule has 3 heterocycles. The van der Waals surface area contributed by atoms with Gasteiger partial charge in [0, 0.05) is 35.9 Å². The molecule has 1 saturated carbocycles. The lowest BCUT2D eigenvalue weighted by molar-refractivity contribution is 0.132. The van der Waals surface area contributed by atoms with Crippen LogP contribution in [0.2, 0.25) is 0 Å². The van der Waals surface area contributed by atoms with E-state index in [1.807, 2.05) is 0 Å². The van der Waals surface area contributed by atoms with Crippen LogP contribution in [-0.4, -0.2) is 21.9 Å². The fourth-order valence-electron chi connectivity index (χ4n) is 5.22. The summed E-state index contributed by atoms with van der Waals surface area (Å²) < 4.78 is 14.8. The Morgan fingerprint density at radius 3 is 2.75 bits per heavy atom. The van der Waals surface area contributed by atoms with Crippen LogP contribution in [-0.2, 0) is 12.8 Å². The first kappa shape index (κ1) is 21.2. The topological polar surface area (TPSA) is 60.7 Å². The molecule has 0 radical (unpaired) electrons. The predicted octanol–water partition coefficient (Wildman–Crippen LogP) is 5.69. The number of aromatic nitrogens is 1. The Hall–Kier alpha value is -2.69.